The Kier molecular flexibility index (Phi) is 11.1. The van der Waals surface area contributed by atoms with Crippen LogP contribution < -0.4 is 20.1 Å². The number of likely N-dealkylation sites (tertiary alicyclic amines) is 1. The van der Waals surface area contributed by atoms with Crippen LogP contribution in [0, 0.1) is 0 Å². The minimum absolute atomic E-state index is 0. The topological polar surface area (TPSA) is 75.2 Å². The summed E-state index contributed by atoms with van der Waals surface area (Å²) in [6.07, 6.45) is 2.16. The lowest BCUT2D eigenvalue weighted by Gasteiger charge is -2.34. The molecule has 174 valence electrons. The van der Waals surface area contributed by atoms with E-state index >= 15 is 0 Å². The molecule has 2 N–H and O–H groups in total. The molecule has 1 amide bonds. The summed E-state index contributed by atoms with van der Waals surface area (Å²) in [6.45, 7) is 7.20. The predicted octanol–water partition coefficient (Wildman–Crippen LogP) is 4.15. The Morgan fingerprint density at radius 1 is 1.09 bits per heavy atom. The Morgan fingerprint density at radius 2 is 1.81 bits per heavy atom. The number of aliphatic imine (C=N–C) groups is 1. The van der Waals surface area contributed by atoms with Gasteiger partial charge in [0, 0.05) is 51.2 Å². The van der Waals surface area contributed by atoms with Gasteiger partial charge in [0.25, 0.3) is 0 Å². The van der Waals surface area contributed by atoms with Crippen molar-refractivity contribution in [3.8, 4) is 11.5 Å². The van der Waals surface area contributed by atoms with Gasteiger partial charge in [-0.3, -0.25) is 4.79 Å². The van der Waals surface area contributed by atoms with E-state index in [0.717, 1.165) is 49.9 Å². The Labute approximate surface area is 207 Å². The number of carbonyl (C=O) groups excluding carboxylic acids is 1. The number of anilines is 1. The SMILES string of the molecule is CCNC(=NCCOc1cccc(NC(C)=O)c1)N1CCC(Oc2ccccc2)CC1.I. The fourth-order valence-electron chi connectivity index (χ4n) is 3.48. The Balaban J connectivity index is 0.00000363. The molecular formula is C24H33IN4O3. The number of para-hydroxylation sites is 1. The molecule has 0 aromatic heterocycles. The molecule has 7 nitrogen and oxygen atoms in total. The van der Waals surface area contributed by atoms with E-state index in [9.17, 15) is 4.79 Å². The average Bonchev–Trinajstić information content (AvgIpc) is 2.77. The van der Waals surface area contributed by atoms with Crippen LogP contribution in [-0.2, 0) is 4.79 Å². The quantitative estimate of drug-likeness (QED) is 0.223. The molecule has 1 heterocycles. The lowest BCUT2D eigenvalue weighted by molar-refractivity contribution is -0.114. The molecule has 0 saturated carbocycles. The molecule has 1 aliphatic rings. The minimum Gasteiger partial charge on any atom is -0.492 e. The van der Waals surface area contributed by atoms with Crippen LogP contribution in [0.2, 0.25) is 0 Å². The van der Waals surface area contributed by atoms with E-state index in [4.69, 9.17) is 14.5 Å². The summed E-state index contributed by atoms with van der Waals surface area (Å²) in [5, 5.41) is 6.14. The molecular weight excluding hydrogens is 519 g/mol. The second kappa shape index (κ2) is 13.8. The van der Waals surface area contributed by atoms with Crippen molar-refractivity contribution in [2.75, 3.05) is 38.1 Å². The maximum atomic E-state index is 11.2. The van der Waals surface area contributed by atoms with Gasteiger partial charge in [-0.15, -0.1) is 24.0 Å². The first kappa shape index (κ1) is 25.8. The normalized spacial score (nSPS) is 14.3. The molecule has 0 bridgehead atoms. The van der Waals surface area contributed by atoms with Crippen LogP contribution in [0.1, 0.15) is 26.7 Å². The molecule has 0 radical (unpaired) electrons. The number of hydrogen-bond acceptors (Lipinski definition) is 4. The first-order valence-corrected chi connectivity index (χ1v) is 10.9. The van der Waals surface area contributed by atoms with Crippen molar-refractivity contribution < 1.29 is 14.3 Å². The molecule has 1 fully saturated rings. The first-order valence-electron chi connectivity index (χ1n) is 10.9. The van der Waals surface area contributed by atoms with Gasteiger partial charge in [-0.2, -0.15) is 0 Å². The zero-order valence-corrected chi connectivity index (χ0v) is 21.1. The van der Waals surface area contributed by atoms with Crippen molar-refractivity contribution in [2.45, 2.75) is 32.8 Å². The summed E-state index contributed by atoms with van der Waals surface area (Å²) in [6, 6.07) is 17.4. The van der Waals surface area contributed by atoms with Gasteiger partial charge in [0.2, 0.25) is 5.91 Å². The Hall–Kier alpha value is -2.49. The van der Waals surface area contributed by atoms with E-state index < -0.39 is 0 Å². The molecule has 2 aromatic carbocycles. The van der Waals surface area contributed by atoms with Crippen molar-refractivity contribution in [1.29, 1.82) is 0 Å². The number of amides is 1. The highest BCUT2D eigenvalue weighted by Gasteiger charge is 2.22. The summed E-state index contributed by atoms with van der Waals surface area (Å²) < 4.78 is 11.9. The van der Waals surface area contributed by atoms with Gasteiger partial charge in [0.15, 0.2) is 5.96 Å². The van der Waals surface area contributed by atoms with Gasteiger partial charge in [-0.25, -0.2) is 4.99 Å². The smallest absolute Gasteiger partial charge is 0.221 e. The molecule has 32 heavy (non-hydrogen) atoms. The molecule has 3 rings (SSSR count). The van der Waals surface area contributed by atoms with E-state index in [1.54, 1.807) is 0 Å². The van der Waals surface area contributed by atoms with Crippen molar-refractivity contribution in [3.63, 3.8) is 0 Å². The maximum Gasteiger partial charge on any atom is 0.221 e. The standard InChI is InChI=1S/C24H32N4O3.HI/c1-3-25-24(26-14-17-30-23-11-7-8-20(18-23)27-19(2)29)28-15-12-22(13-16-28)31-21-9-5-4-6-10-21;/h4-11,18,22H,3,12-17H2,1-2H3,(H,25,26)(H,27,29);1H. The number of ether oxygens (including phenoxy) is 2. The second-order valence-electron chi connectivity index (χ2n) is 7.41. The van der Waals surface area contributed by atoms with Crippen LogP contribution in [0.25, 0.3) is 0 Å². The number of carbonyl (C=O) groups is 1. The van der Waals surface area contributed by atoms with Crippen molar-refractivity contribution in [2.24, 2.45) is 4.99 Å². The highest BCUT2D eigenvalue weighted by Crippen LogP contribution is 2.19. The summed E-state index contributed by atoms with van der Waals surface area (Å²) in [5.74, 6) is 2.46. The number of nitrogens with one attached hydrogen (secondary N) is 2. The lowest BCUT2D eigenvalue weighted by Crippen LogP contribution is -2.47. The van der Waals surface area contributed by atoms with Crippen LogP contribution in [0.4, 0.5) is 5.69 Å². The van der Waals surface area contributed by atoms with Gasteiger partial charge < -0.3 is 25.0 Å². The van der Waals surface area contributed by atoms with Crippen LogP contribution >= 0.6 is 24.0 Å². The van der Waals surface area contributed by atoms with Crippen molar-refractivity contribution in [1.82, 2.24) is 10.2 Å². The molecule has 0 aliphatic carbocycles. The molecule has 0 spiro atoms. The highest BCUT2D eigenvalue weighted by atomic mass is 127. The van der Waals surface area contributed by atoms with Gasteiger partial charge in [0.1, 0.15) is 24.2 Å². The van der Waals surface area contributed by atoms with Crippen LogP contribution in [0.5, 0.6) is 11.5 Å². The average molecular weight is 552 g/mol. The zero-order valence-electron chi connectivity index (χ0n) is 18.8. The summed E-state index contributed by atoms with van der Waals surface area (Å²) in [4.78, 5) is 18.2. The number of nitrogens with zero attached hydrogens (tertiary/aromatic N) is 2. The maximum absolute atomic E-state index is 11.2. The van der Waals surface area contributed by atoms with Crippen LogP contribution in [0.3, 0.4) is 0 Å². The number of piperidine rings is 1. The Bertz CT molecular complexity index is 855. The lowest BCUT2D eigenvalue weighted by atomic mass is 10.1. The molecule has 1 saturated heterocycles. The summed E-state index contributed by atoms with van der Waals surface area (Å²) in [7, 11) is 0. The van der Waals surface area contributed by atoms with Gasteiger partial charge in [-0.1, -0.05) is 24.3 Å². The van der Waals surface area contributed by atoms with E-state index in [2.05, 4.69) is 22.5 Å². The number of rotatable bonds is 8. The summed E-state index contributed by atoms with van der Waals surface area (Å²) >= 11 is 0. The third kappa shape index (κ3) is 8.57. The number of benzene rings is 2. The van der Waals surface area contributed by atoms with Crippen LogP contribution in [-0.4, -0.2) is 55.7 Å². The molecule has 1 aliphatic heterocycles. The highest BCUT2D eigenvalue weighted by molar-refractivity contribution is 14.0. The molecule has 0 atom stereocenters. The first-order chi connectivity index (χ1) is 15.1. The zero-order chi connectivity index (χ0) is 21.9. The molecule has 2 aromatic rings. The molecule has 8 heteroatoms. The summed E-state index contributed by atoms with van der Waals surface area (Å²) in [5.41, 5.74) is 0.724. The van der Waals surface area contributed by atoms with E-state index in [1.165, 1.54) is 6.92 Å². The van der Waals surface area contributed by atoms with Gasteiger partial charge >= 0.3 is 0 Å². The number of halogens is 1. The van der Waals surface area contributed by atoms with Crippen molar-refractivity contribution >= 4 is 41.5 Å². The van der Waals surface area contributed by atoms with Gasteiger partial charge in [-0.05, 0) is 31.2 Å². The third-order valence-electron chi connectivity index (χ3n) is 4.90. The van der Waals surface area contributed by atoms with E-state index in [1.807, 2.05) is 54.6 Å². The third-order valence-corrected chi connectivity index (χ3v) is 4.90. The predicted molar refractivity (Wildman–Crippen MR) is 139 cm³/mol. The fourth-order valence-corrected chi connectivity index (χ4v) is 3.48. The molecule has 0 unspecified atom stereocenters. The monoisotopic (exact) mass is 552 g/mol. The van der Waals surface area contributed by atoms with E-state index in [-0.39, 0.29) is 36.0 Å². The van der Waals surface area contributed by atoms with Gasteiger partial charge in [0.05, 0.1) is 6.54 Å². The Morgan fingerprint density at radius 3 is 2.50 bits per heavy atom. The second-order valence-corrected chi connectivity index (χ2v) is 7.41. The van der Waals surface area contributed by atoms with Crippen LogP contribution in [0.15, 0.2) is 59.6 Å². The fraction of sp³-hybridized carbons (Fsp3) is 0.417. The minimum atomic E-state index is -0.102. The van der Waals surface area contributed by atoms with Crippen molar-refractivity contribution in [3.05, 3.63) is 54.6 Å². The number of guanidine groups is 1. The largest absolute Gasteiger partial charge is 0.492 e. The van der Waals surface area contributed by atoms with E-state index in [0.29, 0.717) is 18.9 Å². The number of hydrogen-bond donors (Lipinski definition) is 2.